The van der Waals surface area contributed by atoms with Crippen LogP contribution in [0.2, 0.25) is 0 Å². The summed E-state index contributed by atoms with van der Waals surface area (Å²) in [6.45, 7) is 0. The number of carbonyl (C=O) groups is 1. The van der Waals surface area contributed by atoms with Gasteiger partial charge in [0.15, 0.2) is 0 Å². The lowest BCUT2D eigenvalue weighted by atomic mass is 10.0. The first kappa shape index (κ1) is 14.3. The van der Waals surface area contributed by atoms with Crippen LogP contribution < -0.4 is 0 Å². The largest absolute Gasteiger partial charge is 0.508 e. The molecule has 2 aromatic carbocycles. The van der Waals surface area contributed by atoms with E-state index in [4.69, 9.17) is 10.2 Å². The molecule has 0 spiro atoms. The predicted molar refractivity (Wildman–Crippen MR) is 66.6 cm³/mol. The SMILES string of the molecule is O.O=C(c1ccc(O)cc1)c1c(O)cc(O)cc1O. The number of ketones is 1. The van der Waals surface area contributed by atoms with Crippen molar-refractivity contribution in [3.8, 4) is 23.0 Å². The first-order valence-corrected chi connectivity index (χ1v) is 5.07. The lowest BCUT2D eigenvalue weighted by Gasteiger charge is -2.07. The minimum Gasteiger partial charge on any atom is -0.508 e. The highest BCUT2D eigenvalue weighted by atomic mass is 16.3. The Hall–Kier alpha value is -2.73. The van der Waals surface area contributed by atoms with Crippen molar-refractivity contribution in [2.24, 2.45) is 0 Å². The molecule has 2 rings (SSSR count). The molecule has 6 heteroatoms. The van der Waals surface area contributed by atoms with Crippen molar-refractivity contribution in [2.45, 2.75) is 0 Å². The molecule has 6 N–H and O–H groups in total. The van der Waals surface area contributed by atoms with E-state index in [1.807, 2.05) is 0 Å². The van der Waals surface area contributed by atoms with E-state index in [2.05, 4.69) is 0 Å². The van der Waals surface area contributed by atoms with Crippen molar-refractivity contribution in [2.75, 3.05) is 0 Å². The summed E-state index contributed by atoms with van der Waals surface area (Å²) in [5, 5.41) is 37.4. The number of aromatic hydroxyl groups is 4. The second-order valence-corrected chi connectivity index (χ2v) is 3.74. The molecular weight excluding hydrogens is 252 g/mol. The number of phenolic OH excluding ortho intramolecular Hbond substituents is 4. The zero-order valence-electron chi connectivity index (χ0n) is 9.66. The van der Waals surface area contributed by atoms with Gasteiger partial charge in [-0.05, 0) is 24.3 Å². The van der Waals surface area contributed by atoms with Gasteiger partial charge in [-0.1, -0.05) is 0 Å². The molecule has 0 aliphatic rings. The fourth-order valence-electron chi connectivity index (χ4n) is 1.59. The summed E-state index contributed by atoms with van der Waals surface area (Å²) in [7, 11) is 0. The van der Waals surface area contributed by atoms with Crippen LogP contribution in [0.1, 0.15) is 15.9 Å². The van der Waals surface area contributed by atoms with Gasteiger partial charge in [0.1, 0.15) is 28.6 Å². The Morgan fingerprint density at radius 2 is 1.26 bits per heavy atom. The van der Waals surface area contributed by atoms with Gasteiger partial charge in [0, 0.05) is 17.7 Å². The van der Waals surface area contributed by atoms with E-state index in [0.717, 1.165) is 12.1 Å². The van der Waals surface area contributed by atoms with Crippen molar-refractivity contribution in [3.63, 3.8) is 0 Å². The summed E-state index contributed by atoms with van der Waals surface area (Å²) in [6, 6.07) is 7.30. The van der Waals surface area contributed by atoms with Gasteiger partial charge in [-0.2, -0.15) is 0 Å². The lowest BCUT2D eigenvalue weighted by molar-refractivity contribution is 0.103. The molecule has 0 aliphatic carbocycles. The molecule has 0 aromatic heterocycles. The molecule has 0 radical (unpaired) electrons. The molecule has 0 amide bonds. The van der Waals surface area contributed by atoms with Gasteiger partial charge in [-0.25, -0.2) is 0 Å². The highest BCUT2D eigenvalue weighted by Crippen LogP contribution is 2.33. The summed E-state index contributed by atoms with van der Waals surface area (Å²) in [4.78, 5) is 12.0. The third kappa shape index (κ3) is 2.75. The predicted octanol–water partition coefficient (Wildman–Crippen LogP) is 0.915. The second-order valence-electron chi connectivity index (χ2n) is 3.74. The first-order valence-electron chi connectivity index (χ1n) is 5.07. The Morgan fingerprint density at radius 3 is 1.74 bits per heavy atom. The second kappa shape index (κ2) is 5.28. The number of carbonyl (C=O) groups excluding carboxylic acids is 1. The number of benzene rings is 2. The summed E-state index contributed by atoms with van der Waals surface area (Å²) >= 11 is 0. The van der Waals surface area contributed by atoms with Crippen molar-refractivity contribution >= 4 is 5.78 Å². The number of phenols is 4. The topological polar surface area (TPSA) is 129 Å². The van der Waals surface area contributed by atoms with Crippen LogP contribution in [0.4, 0.5) is 0 Å². The zero-order valence-corrected chi connectivity index (χ0v) is 9.66. The molecule has 2 aromatic rings. The average molecular weight is 264 g/mol. The third-order valence-corrected chi connectivity index (χ3v) is 2.44. The van der Waals surface area contributed by atoms with E-state index in [-0.39, 0.29) is 28.1 Å². The quantitative estimate of drug-likeness (QED) is 0.599. The Kier molecular flexibility index (Phi) is 3.98. The Morgan fingerprint density at radius 1 is 0.789 bits per heavy atom. The summed E-state index contributed by atoms with van der Waals surface area (Å²) < 4.78 is 0. The highest BCUT2D eigenvalue weighted by Gasteiger charge is 2.19. The van der Waals surface area contributed by atoms with Crippen LogP contribution in [0, 0.1) is 0 Å². The van der Waals surface area contributed by atoms with Gasteiger partial charge >= 0.3 is 0 Å². The van der Waals surface area contributed by atoms with E-state index in [1.54, 1.807) is 0 Å². The van der Waals surface area contributed by atoms with Crippen molar-refractivity contribution in [1.82, 2.24) is 0 Å². The van der Waals surface area contributed by atoms with E-state index in [1.165, 1.54) is 24.3 Å². The summed E-state index contributed by atoms with van der Waals surface area (Å²) in [6.07, 6.45) is 0. The maximum atomic E-state index is 12.0. The molecule has 100 valence electrons. The summed E-state index contributed by atoms with van der Waals surface area (Å²) in [5.41, 5.74) is -0.0948. The maximum Gasteiger partial charge on any atom is 0.200 e. The minimum absolute atomic E-state index is 0. The van der Waals surface area contributed by atoms with Gasteiger partial charge in [-0.3, -0.25) is 4.79 Å². The molecule has 0 fully saturated rings. The van der Waals surface area contributed by atoms with Crippen LogP contribution in [0.3, 0.4) is 0 Å². The van der Waals surface area contributed by atoms with Gasteiger partial charge < -0.3 is 25.9 Å². The van der Waals surface area contributed by atoms with E-state index >= 15 is 0 Å². The maximum absolute atomic E-state index is 12.0. The monoisotopic (exact) mass is 264 g/mol. The van der Waals surface area contributed by atoms with E-state index in [9.17, 15) is 15.0 Å². The smallest absolute Gasteiger partial charge is 0.200 e. The zero-order chi connectivity index (χ0) is 13.3. The Bertz CT molecular complexity index is 580. The standard InChI is InChI=1S/C13H10O5.H2O/c14-8-3-1-7(2-4-8)13(18)12-10(16)5-9(15)6-11(12)17;/h1-6,14-17H;1H2. The molecule has 0 saturated carbocycles. The minimum atomic E-state index is -0.606. The van der Waals surface area contributed by atoms with Gasteiger partial charge in [0.2, 0.25) is 5.78 Å². The van der Waals surface area contributed by atoms with Gasteiger partial charge in [0.05, 0.1) is 0 Å². The number of hydrogen-bond acceptors (Lipinski definition) is 5. The molecule has 0 heterocycles. The Balaban J connectivity index is 0.00000180. The van der Waals surface area contributed by atoms with Crippen molar-refractivity contribution in [1.29, 1.82) is 0 Å². The van der Waals surface area contributed by atoms with E-state index < -0.39 is 17.3 Å². The fourth-order valence-corrected chi connectivity index (χ4v) is 1.59. The van der Waals surface area contributed by atoms with Crippen LogP contribution in [0.25, 0.3) is 0 Å². The van der Waals surface area contributed by atoms with Crippen molar-refractivity contribution in [3.05, 3.63) is 47.5 Å². The first-order chi connectivity index (χ1) is 8.49. The van der Waals surface area contributed by atoms with E-state index in [0.29, 0.717) is 0 Å². The molecule has 0 aliphatic heterocycles. The average Bonchev–Trinajstić information content (AvgIpc) is 2.28. The molecule has 0 bridgehead atoms. The van der Waals surface area contributed by atoms with Crippen LogP contribution >= 0.6 is 0 Å². The fraction of sp³-hybridized carbons (Fsp3) is 0. The molecule has 0 unspecified atom stereocenters. The van der Waals surface area contributed by atoms with Crippen molar-refractivity contribution < 1.29 is 30.7 Å². The number of rotatable bonds is 2. The van der Waals surface area contributed by atoms with Crippen LogP contribution in [-0.4, -0.2) is 31.7 Å². The van der Waals surface area contributed by atoms with Crippen LogP contribution in [-0.2, 0) is 0 Å². The summed E-state index contributed by atoms with van der Waals surface area (Å²) in [5.74, 6) is -1.96. The normalized spacial score (nSPS) is 9.68. The van der Waals surface area contributed by atoms with Crippen LogP contribution in [0.15, 0.2) is 36.4 Å². The molecule has 6 nitrogen and oxygen atoms in total. The lowest BCUT2D eigenvalue weighted by Crippen LogP contribution is -2.01. The van der Waals surface area contributed by atoms with Gasteiger partial charge in [0.25, 0.3) is 0 Å². The third-order valence-electron chi connectivity index (χ3n) is 2.44. The molecule has 0 saturated heterocycles. The molecule has 0 atom stereocenters. The molecule has 19 heavy (non-hydrogen) atoms. The van der Waals surface area contributed by atoms with Crippen LogP contribution in [0.5, 0.6) is 23.0 Å². The van der Waals surface area contributed by atoms with Gasteiger partial charge in [-0.15, -0.1) is 0 Å². The number of hydrogen-bond donors (Lipinski definition) is 4. The highest BCUT2D eigenvalue weighted by molar-refractivity contribution is 6.12. The Labute approximate surface area is 108 Å². The molecular formula is C13H12O6.